The minimum absolute atomic E-state index is 0.315. The maximum Gasteiger partial charge on any atom is 0.191 e. The molecular formula is C18H27N3O3. The van der Waals surface area contributed by atoms with Crippen LogP contribution in [-0.4, -0.2) is 43.4 Å². The molecule has 6 nitrogen and oxygen atoms in total. The van der Waals surface area contributed by atoms with Crippen molar-refractivity contribution in [2.75, 3.05) is 20.2 Å². The van der Waals surface area contributed by atoms with Gasteiger partial charge in [-0.05, 0) is 38.3 Å². The molecule has 3 fully saturated rings. The first-order chi connectivity index (χ1) is 11.6. The molecule has 1 aliphatic heterocycles. The lowest BCUT2D eigenvalue weighted by Crippen LogP contribution is -2.72. The molecule has 0 radical (unpaired) electrons. The highest BCUT2D eigenvalue weighted by molar-refractivity contribution is 5.80. The summed E-state index contributed by atoms with van der Waals surface area (Å²) in [6.45, 7) is 3.13. The lowest BCUT2D eigenvalue weighted by molar-refractivity contribution is -0.171. The van der Waals surface area contributed by atoms with Crippen molar-refractivity contribution in [2.24, 2.45) is 16.3 Å². The van der Waals surface area contributed by atoms with Crippen molar-refractivity contribution in [1.82, 2.24) is 10.6 Å². The van der Waals surface area contributed by atoms with Crippen LogP contribution in [0.1, 0.15) is 43.3 Å². The highest BCUT2D eigenvalue weighted by atomic mass is 16.5. The van der Waals surface area contributed by atoms with Gasteiger partial charge in [-0.3, -0.25) is 4.99 Å². The van der Waals surface area contributed by atoms with Gasteiger partial charge in [0.2, 0.25) is 0 Å². The fourth-order valence-corrected chi connectivity index (χ4v) is 4.72. The SMILES string of the molecule is CN=C(NCC(O)c1ccc(C)o1)NC1C2CCOC2C12CCC2. The van der Waals surface area contributed by atoms with E-state index in [1.165, 1.54) is 19.3 Å². The fraction of sp³-hybridized carbons (Fsp3) is 0.722. The number of nitrogens with one attached hydrogen (secondary N) is 2. The monoisotopic (exact) mass is 333 g/mol. The van der Waals surface area contributed by atoms with Crippen LogP contribution in [0.25, 0.3) is 0 Å². The third-order valence-corrected chi connectivity index (χ3v) is 6.10. The van der Waals surface area contributed by atoms with Crippen LogP contribution in [0.4, 0.5) is 0 Å². The van der Waals surface area contributed by atoms with Crippen molar-refractivity contribution in [2.45, 2.75) is 50.9 Å². The van der Waals surface area contributed by atoms with Crippen LogP contribution in [-0.2, 0) is 4.74 Å². The van der Waals surface area contributed by atoms with Crippen LogP contribution < -0.4 is 10.6 Å². The van der Waals surface area contributed by atoms with Gasteiger partial charge in [0, 0.05) is 31.0 Å². The van der Waals surface area contributed by atoms with Crippen molar-refractivity contribution >= 4 is 5.96 Å². The first kappa shape index (κ1) is 16.0. The number of aliphatic hydroxyl groups is 1. The summed E-state index contributed by atoms with van der Waals surface area (Å²) in [5, 5.41) is 17.1. The van der Waals surface area contributed by atoms with Gasteiger partial charge in [0.1, 0.15) is 17.6 Å². The quantitative estimate of drug-likeness (QED) is 0.578. The Morgan fingerprint density at radius 1 is 1.46 bits per heavy atom. The lowest BCUT2D eigenvalue weighted by atomic mass is 9.46. The Bertz CT molecular complexity index is 623. The van der Waals surface area contributed by atoms with Gasteiger partial charge in [-0.2, -0.15) is 0 Å². The summed E-state index contributed by atoms with van der Waals surface area (Å²) in [4.78, 5) is 4.33. The molecule has 0 amide bonds. The minimum atomic E-state index is -0.682. The van der Waals surface area contributed by atoms with Crippen LogP contribution in [0, 0.1) is 18.3 Å². The average molecular weight is 333 g/mol. The molecule has 1 aromatic heterocycles. The summed E-state index contributed by atoms with van der Waals surface area (Å²) in [7, 11) is 1.77. The third kappa shape index (κ3) is 2.43. The summed E-state index contributed by atoms with van der Waals surface area (Å²) in [6.07, 6.45) is 4.69. The van der Waals surface area contributed by atoms with E-state index >= 15 is 0 Å². The number of aryl methyl sites for hydroxylation is 1. The second-order valence-corrected chi connectivity index (χ2v) is 7.37. The fourth-order valence-electron chi connectivity index (χ4n) is 4.72. The van der Waals surface area contributed by atoms with E-state index in [1.54, 1.807) is 7.05 Å². The Balaban J connectivity index is 1.35. The number of rotatable bonds is 4. The number of hydrogen-bond donors (Lipinski definition) is 3. The van der Waals surface area contributed by atoms with Crippen LogP contribution in [0.15, 0.2) is 21.5 Å². The molecule has 3 N–H and O–H groups in total. The van der Waals surface area contributed by atoms with Crippen molar-refractivity contribution in [3.8, 4) is 0 Å². The lowest BCUT2D eigenvalue weighted by Gasteiger charge is -2.63. The molecule has 6 heteroatoms. The van der Waals surface area contributed by atoms with Gasteiger partial charge in [-0.25, -0.2) is 0 Å². The summed E-state index contributed by atoms with van der Waals surface area (Å²) in [5.74, 6) is 2.74. The van der Waals surface area contributed by atoms with E-state index in [1.807, 2.05) is 19.1 Å². The summed E-state index contributed by atoms with van der Waals surface area (Å²) in [5.41, 5.74) is 0.315. The normalized spacial score (nSPS) is 32.0. The first-order valence-corrected chi connectivity index (χ1v) is 8.97. The van der Waals surface area contributed by atoms with Crippen LogP contribution in [0.2, 0.25) is 0 Å². The van der Waals surface area contributed by atoms with Crippen molar-refractivity contribution in [1.29, 1.82) is 0 Å². The van der Waals surface area contributed by atoms with Gasteiger partial charge in [-0.15, -0.1) is 0 Å². The zero-order chi connectivity index (χ0) is 16.7. The number of fused-ring (bicyclic) bond motifs is 2. The summed E-state index contributed by atoms with van der Waals surface area (Å²) < 4.78 is 11.4. The predicted molar refractivity (Wildman–Crippen MR) is 90.8 cm³/mol. The average Bonchev–Trinajstić information content (AvgIpc) is 3.13. The Morgan fingerprint density at radius 3 is 2.92 bits per heavy atom. The molecule has 0 bridgehead atoms. The molecule has 1 saturated heterocycles. The largest absolute Gasteiger partial charge is 0.464 e. The number of aliphatic imine (C=N–C) groups is 1. The van der Waals surface area contributed by atoms with Crippen LogP contribution >= 0.6 is 0 Å². The highest BCUT2D eigenvalue weighted by Crippen LogP contribution is 2.62. The molecule has 0 aromatic carbocycles. The predicted octanol–water partition coefficient (Wildman–Crippen LogP) is 1.74. The summed E-state index contributed by atoms with van der Waals surface area (Å²) in [6, 6.07) is 4.11. The van der Waals surface area contributed by atoms with Crippen molar-refractivity contribution in [3.63, 3.8) is 0 Å². The zero-order valence-corrected chi connectivity index (χ0v) is 14.4. The molecule has 3 aliphatic rings. The van der Waals surface area contributed by atoms with E-state index in [0.717, 1.165) is 24.7 Å². The van der Waals surface area contributed by atoms with Crippen LogP contribution in [0.3, 0.4) is 0 Å². The smallest absolute Gasteiger partial charge is 0.191 e. The van der Waals surface area contributed by atoms with Gasteiger partial charge in [-0.1, -0.05) is 6.42 Å². The second-order valence-electron chi connectivity index (χ2n) is 7.37. The Kier molecular flexibility index (Phi) is 4.04. The Hall–Kier alpha value is -1.53. The molecule has 4 unspecified atom stereocenters. The number of nitrogens with zero attached hydrogens (tertiary/aromatic N) is 1. The van der Waals surface area contributed by atoms with E-state index in [4.69, 9.17) is 9.15 Å². The molecule has 2 saturated carbocycles. The molecule has 132 valence electrons. The molecule has 4 atom stereocenters. The molecule has 24 heavy (non-hydrogen) atoms. The molecule has 1 spiro atoms. The molecule has 4 rings (SSSR count). The van der Waals surface area contributed by atoms with E-state index < -0.39 is 6.10 Å². The van der Waals surface area contributed by atoms with E-state index in [0.29, 0.717) is 35.8 Å². The Labute approximate surface area is 142 Å². The minimum Gasteiger partial charge on any atom is -0.464 e. The standard InChI is InChI=1S/C18H27N3O3/c1-11-4-5-14(24-11)13(22)10-20-17(19-2)21-15-12-6-9-23-16(12)18(15)7-3-8-18/h4-5,12-13,15-16,22H,3,6-10H2,1-2H3,(H2,19,20,21). The van der Waals surface area contributed by atoms with Crippen LogP contribution in [0.5, 0.6) is 0 Å². The number of guanidine groups is 1. The number of furan rings is 1. The van der Waals surface area contributed by atoms with Gasteiger partial charge < -0.3 is 24.9 Å². The van der Waals surface area contributed by atoms with E-state index in [9.17, 15) is 5.11 Å². The molecular weight excluding hydrogens is 306 g/mol. The van der Waals surface area contributed by atoms with E-state index in [2.05, 4.69) is 15.6 Å². The second kappa shape index (κ2) is 6.08. The van der Waals surface area contributed by atoms with Gasteiger partial charge in [0.15, 0.2) is 5.96 Å². The van der Waals surface area contributed by atoms with Crippen molar-refractivity contribution in [3.05, 3.63) is 23.7 Å². The third-order valence-electron chi connectivity index (χ3n) is 6.10. The number of aliphatic hydroxyl groups excluding tert-OH is 1. The highest BCUT2D eigenvalue weighted by Gasteiger charge is 2.66. The van der Waals surface area contributed by atoms with Gasteiger partial charge in [0.25, 0.3) is 0 Å². The van der Waals surface area contributed by atoms with E-state index in [-0.39, 0.29) is 0 Å². The van der Waals surface area contributed by atoms with Gasteiger partial charge >= 0.3 is 0 Å². The number of hydrogen-bond acceptors (Lipinski definition) is 4. The van der Waals surface area contributed by atoms with Crippen molar-refractivity contribution < 1.29 is 14.3 Å². The summed E-state index contributed by atoms with van der Waals surface area (Å²) >= 11 is 0. The molecule has 1 aromatic rings. The van der Waals surface area contributed by atoms with Gasteiger partial charge in [0.05, 0.1) is 12.6 Å². The number of ether oxygens (including phenoxy) is 1. The maximum absolute atomic E-state index is 10.2. The topological polar surface area (TPSA) is 79.0 Å². The molecule has 2 heterocycles. The Morgan fingerprint density at radius 2 is 2.29 bits per heavy atom. The first-order valence-electron chi connectivity index (χ1n) is 8.97. The molecule has 2 aliphatic carbocycles. The zero-order valence-electron chi connectivity index (χ0n) is 14.4. The maximum atomic E-state index is 10.2.